The normalized spacial score (nSPS) is 17.7. The van der Waals surface area contributed by atoms with Crippen molar-refractivity contribution in [3.63, 3.8) is 0 Å². The van der Waals surface area contributed by atoms with E-state index in [0.717, 1.165) is 21.5 Å². The van der Waals surface area contributed by atoms with Crippen molar-refractivity contribution in [2.75, 3.05) is 18.6 Å². The number of pyridine rings is 1. The van der Waals surface area contributed by atoms with Crippen molar-refractivity contribution in [3.8, 4) is 5.75 Å². The molecule has 3 rings (SSSR count). The van der Waals surface area contributed by atoms with Gasteiger partial charge in [-0.05, 0) is 39.7 Å². The average molecular weight is 347 g/mol. The molecule has 0 radical (unpaired) electrons. The Bertz CT molecular complexity index is 689. The number of benzene rings is 1. The number of hydrogen-bond acceptors (Lipinski definition) is 5. The summed E-state index contributed by atoms with van der Waals surface area (Å²) in [5.41, 5.74) is 8.05. The largest absolute Gasteiger partial charge is 0.495 e. The van der Waals surface area contributed by atoms with Crippen molar-refractivity contribution in [3.05, 3.63) is 52.8 Å². The van der Waals surface area contributed by atoms with Crippen LogP contribution < -0.4 is 15.4 Å². The molecule has 5 nitrogen and oxygen atoms in total. The maximum Gasteiger partial charge on any atom is 0.196 e. The topological polar surface area (TPSA) is 63.7 Å². The number of hydrogen-bond donors (Lipinski definition) is 1. The molecule has 0 saturated carbocycles. The maximum absolute atomic E-state index is 6.09. The second-order valence-corrected chi connectivity index (χ2v) is 5.61. The van der Waals surface area contributed by atoms with Crippen molar-refractivity contribution in [2.45, 2.75) is 6.04 Å². The van der Waals surface area contributed by atoms with E-state index in [2.05, 4.69) is 25.9 Å². The Labute approximate surface area is 131 Å². The summed E-state index contributed by atoms with van der Waals surface area (Å²) >= 11 is 3.45. The predicted molar refractivity (Wildman–Crippen MR) is 86.6 cm³/mol. The standard InChI is InChI=1S/C15H15BrN4O/c1-21-14-5-3-2-4-12(14)20-13(9-19-15(20)17)10-6-11(16)8-18-7-10/h2-8,13H,9H2,1H3,(H2,17,19). The molecule has 0 fully saturated rings. The lowest BCUT2D eigenvalue weighted by atomic mass is 10.1. The SMILES string of the molecule is COc1ccccc1N1C(N)=NCC1c1cncc(Br)c1. The molecule has 21 heavy (non-hydrogen) atoms. The summed E-state index contributed by atoms with van der Waals surface area (Å²) in [6.07, 6.45) is 3.60. The molecule has 0 amide bonds. The molecule has 0 bridgehead atoms. The van der Waals surface area contributed by atoms with Gasteiger partial charge in [-0.15, -0.1) is 0 Å². The minimum atomic E-state index is 0.0197. The Kier molecular flexibility index (Phi) is 3.79. The Hall–Kier alpha value is -2.08. The Morgan fingerprint density at radius 1 is 1.33 bits per heavy atom. The third-order valence-corrected chi connectivity index (χ3v) is 3.87. The van der Waals surface area contributed by atoms with E-state index in [1.807, 2.05) is 41.4 Å². The summed E-state index contributed by atoms with van der Waals surface area (Å²) in [6, 6.07) is 9.84. The molecule has 1 atom stereocenters. The van der Waals surface area contributed by atoms with Crippen molar-refractivity contribution >= 4 is 27.6 Å². The molecule has 0 aliphatic carbocycles. The number of aliphatic imine (C=N–C) groups is 1. The number of nitrogens with zero attached hydrogens (tertiary/aromatic N) is 3. The fraction of sp³-hybridized carbons (Fsp3) is 0.200. The fourth-order valence-electron chi connectivity index (χ4n) is 2.48. The zero-order chi connectivity index (χ0) is 14.8. The molecule has 6 heteroatoms. The van der Waals surface area contributed by atoms with Crippen LogP contribution in [0.1, 0.15) is 11.6 Å². The molecule has 0 spiro atoms. The summed E-state index contributed by atoms with van der Waals surface area (Å²) in [5, 5.41) is 0. The van der Waals surface area contributed by atoms with E-state index >= 15 is 0 Å². The quantitative estimate of drug-likeness (QED) is 0.927. The number of guanidine groups is 1. The van der Waals surface area contributed by atoms with Gasteiger partial charge in [0.15, 0.2) is 5.96 Å². The lowest BCUT2D eigenvalue weighted by molar-refractivity contribution is 0.415. The highest BCUT2D eigenvalue weighted by Crippen LogP contribution is 2.36. The van der Waals surface area contributed by atoms with E-state index in [9.17, 15) is 0 Å². The minimum Gasteiger partial charge on any atom is -0.495 e. The smallest absolute Gasteiger partial charge is 0.196 e. The second-order valence-electron chi connectivity index (χ2n) is 4.69. The fourth-order valence-corrected chi connectivity index (χ4v) is 2.87. The van der Waals surface area contributed by atoms with E-state index < -0.39 is 0 Å². The van der Waals surface area contributed by atoms with Crippen LogP contribution in [-0.2, 0) is 0 Å². The first kappa shape index (κ1) is 13.9. The van der Waals surface area contributed by atoms with E-state index in [4.69, 9.17) is 10.5 Å². The van der Waals surface area contributed by atoms with Crippen LogP contribution in [0.4, 0.5) is 5.69 Å². The van der Waals surface area contributed by atoms with Gasteiger partial charge in [-0.2, -0.15) is 0 Å². The molecule has 1 aromatic heterocycles. The Balaban J connectivity index is 2.04. The van der Waals surface area contributed by atoms with Gasteiger partial charge in [-0.25, -0.2) is 0 Å². The zero-order valence-corrected chi connectivity index (χ0v) is 13.1. The molecule has 2 aromatic rings. The van der Waals surface area contributed by atoms with Gasteiger partial charge in [-0.3, -0.25) is 14.9 Å². The number of nitrogens with two attached hydrogens (primary N) is 1. The Morgan fingerprint density at radius 2 is 2.14 bits per heavy atom. The van der Waals surface area contributed by atoms with Crippen LogP contribution in [0.2, 0.25) is 0 Å². The third kappa shape index (κ3) is 2.58. The zero-order valence-electron chi connectivity index (χ0n) is 11.5. The number of aromatic nitrogens is 1. The molecule has 1 unspecified atom stereocenters. The van der Waals surface area contributed by atoms with Crippen molar-refractivity contribution in [1.82, 2.24) is 4.98 Å². The van der Waals surface area contributed by atoms with Gasteiger partial charge in [0.25, 0.3) is 0 Å². The summed E-state index contributed by atoms with van der Waals surface area (Å²) < 4.78 is 6.37. The number of para-hydroxylation sites is 2. The summed E-state index contributed by atoms with van der Waals surface area (Å²) in [6.45, 7) is 0.599. The van der Waals surface area contributed by atoms with Crippen LogP contribution in [0.15, 0.2) is 52.2 Å². The first-order valence-electron chi connectivity index (χ1n) is 6.53. The number of ether oxygens (including phenoxy) is 1. The summed E-state index contributed by atoms with van der Waals surface area (Å²) in [5.74, 6) is 1.26. The van der Waals surface area contributed by atoms with Gasteiger partial charge in [-0.1, -0.05) is 12.1 Å². The van der Waals surface area contributed by atoms with Gasteiger partial charge in [0.2, 0.25) is 0 Å². The molecule has 2 N–H and O–H groups in total. The van der Waals surface area contributed by atoms with Crippen molar-refractivity contribution < 1.29 is 4.74 Å². The van der Waals surface area contributed by atoms with Crippen LogP contribution in [0.3, 0.4) is 0 Å². The first-order valence-corrected chi connectivity index (χ1v) is 7.32. The van der Waals surface area contributed by atoms with Gasteiger partial charge in [0.05, 0.1) is 25.4 Å². The van der Waals surface area contributed by atoms with Crippen molar-refractivity contribution in [2.24, 2.45) is 10.7 Å². The van der Waals surface area contributed by atoms with Crippen LogP contribution in [0.5, 0.6) is 5.75 Å². The number of rotatable bonds is 3. The molecular formula is C15H15BrN4O. The lowest BCUT2D eigenvalue weighted by Crippen LogP contribution is -2.36. The molecule has 2 heterocycles. The molecule has 1 aliphatic heterocycles. The third-order valence-electron chi connectivity index (χ3n) is 3.44. The monoisotopic (exact) mass is 346 g/mol. The van der Waals surface area contributed by atoms with Crippen molar-refractivity contribution in [1.29, 1.82) is 0 Å². The molecule has 0 saturated heterocycles. The van der Waals surface area contributed by atoms with Gasteiger partial charge < -0.3 is 10.5 Å². The highest BCUT2D eigenvalue weighted by molar-refractivity contribution is 9.10. The van der Waals surface area contributed by atoms with Gasteiger partial charge in [0, 0.05) is 16.9 Å². The van der Waals surface area contributed by atoms with Gasteiger partial charge >= 0.3 is 0 Å². The maximum atomic E-state index is 6.09. The summed E-state index contributed by atoms with van der Waals surface area (Å²) in [7, 11) is 1.65. The number of halogens is 1. The van der Waals surface area contributed by atoms with Crippen LogP contribution in [-0.4, -0.2) is 24.6 Å². The van der Waals surface area contributed by atoms with Gasteiger partial charge in [0.1, 0.15) is 5.75 Å². The first-order chi connectivity index (χ1) is 10.2. The predicted octanol–water partition coefficient (Wildman–Crippen LogP) is 2.73. The molecular weight excluding hydrogens is 332 g/mol. The Morgan fingerprint density at radius 3 is 2.90 bits per heavy atom. The molecule has 1 aliphatic rings. The molecule has 108 valence electrons. The number of methoxy groups -OCH3 is 1. The summed E-state index contributed by atoms with van der Waals surface area (Å²) in [4.78, 5) is 10.6. The van der Waals surface area contributed by atoms with Crippen LogP contribution in [0, 0.1) is 0 Å². The molecule has 1 aromatic carbocycles. The minimum absolute atomic E-state index is 0.0197. The van der Waals surface area contributed by atoms with Crippen LogP contribution >= 0.6 is 15.9 Å². The van der Waals surface area contributed by atoms with E-state index in [0.29, 0.717) is 12.5 Å². The average Bonchev–Trinajstić information content (AvgIpc) is 2.89. The van der Waals surface area contributed by atoms with E-state index in [1.165, 1.54) is 0 Å². The van der Waals surface area contributed by atoms with Crippen LogP contribution in [0.25, 0.3) is 0 Å². The highest BCUT2D eigenvalue weighted by Gasteiger charge is 2.30. The second kappa shape index (κ2) is 5.73. The number of anilines is 1. The van der Waals surface area contributed by atoms with E-state index in [1.54, 1.807) is 13.3 Å². The lowest BCUT2D eigenvalue weighted by Gasteiger charge is -2.27. The van der Waals surface area contributed by atoms with E-state index in [-0.39, 0.29) is 6.04 Å². The highest BCUT2D eigenvalue weighted by atomic mass is 79.9.